The molecule has 1 fully saturated rings. The molecule has 0 unspecified atom stereocenters. The van der Waals surface area contributed by atoms with E-state index in [1.807, 2.05) is 0 Å². The summed E-state index contributed by atoms with van der Waals surface area (Å²) >= 11 is 0. The van der Waals surface area contributed by atoms with Gasteiger partial charge in [0.15, 0.2) is 5.89 Å². The first-order chi connectivity index (χ1) is 13.5. The van der Waals surface area contributed by atoms with Crippen LogP contribution in [0.2, 0.25) is 0 Å². The van der Waals surface area contributed by atoms with Gasteiger partial charge in [0.05, 0.1) is 18.5 Å². The van der Waals surface area contributed by atoms with Crippen molar-refractivity contribution in [2.75, 3.05) is 21.1 Å². The molecule has 1 aliphatic rings. The van der Waals surface area contributed by atoms with Gasteiger partial charge >= 0.3 is 0 Å². The van der Waals surface area contributed by atoms with Gasteiger partial charge in [-0.1, -0.05) is 19.3 Å². The number of oxazole rings is 1. The molecule has 1 aliphatic carbocycles. The number of amides is 3. The van der Waals surface area contributed by atoms with Crippen molar-refractivity contribution in [1.29, 1.82) is 0 Å². The summed E-state index contributed by atoms with van der Waals surface area (Å²) in [6.07, 6.45) is 6.92. The largest absolute Gasteiger partial charge is 0.448 e. The Hall–Kier alpha value is -2.46. The molecular formula is C18H34N6O4. The maximum Gasteiger partial charge on any atom is 0.242 e. The Morgan fingerprint density at radius 2 is 1.79 bits per heavy atom. The first kappa shape index (κ1) is 25.5. The van der Waals surface area contributed by atoms with E-state index < -0.39 is 23.8 Å². The average molecular weight is 399 g/mol. The molecule has 0 spiro atoms. The summed E-state index contributed by atoms with van der Waals surface area (Å²) in [5.74, 6) is -0.537. The molecule has 1 atom stereocenters. The van der Waals surface area contributed by atoms with Gasteiger partial charge in [-0.15, -0.1) is 0 Å². The first-order valence-corrected chi connectivity index (χ1v) is 9.38. The summed E-state index contributed by atoms with van der Waals surface area (Å²) in [4.78, 5) is 39.2. The predicted octanol–water partition coefficient (Wildman–Crippen LogP) is -0.479. The molecule has 10 heteroatoms. The summed E-state index contributed by atoms with van der Waals surface area (Å²) in [7, 11) is 4.43. The molecule has 8 N–H and O–H groups in total. The van der Waals surface area contributed by atoms with Crippen molar-refractivity contribution in [1.82, 2.24) is 15.6 Å². The maximum atomic E-state index is 12.1. The molecule has 0 saturated heterocycles. The summed E-state index contributed by atoms with van der Waals surface area (Å²) in [6.45, 7) is 0. The number of nitrogens with two attached hydrogens (primary N) is 3. The molecule has 0 aromatic carbocycles. The summed E-state index contributed by atoms with van der Waals surface area (Å²) in [5.41, 5.74) is 14.6. The van der Waals surface area contributed by atoms with E-state index in [2.05, 4.69) is 27.1 Å². The minimum atomic E-state index is -0.982. The highest BCUT2D eigenvalue weighted by Crippen LogP contribution is 2.31. The Morgan fingerprint density at radius 1 is 1.18 bits per heavy atom. The van der Waals surface area contributed by atoms with Crippen LogP contribution in [0.1, 0.15) is 56.0 Å². The number of hydrogen-bond acceptors (Lipinski definition) is 7. The standard InChI is InChI=1S/C16H24N4O4.2CH5N/c1-18-15(23)12(8-13(17)21)20-14(22)7-11-9-24-16(19-11)10-5-3-2-4-6-10;2*1-2/h9-10,12H,2-8H2,1H3,(H2,17,21)(H,18,23)(H,20,22);2*2H2,1H3/t12-;;/m0../s1. The lowest BCUT2D eigenvalue weighted by atomic mass is 9.89. The van der Waals surface area contributed by atoms with Crippen molar-refractivity contribution in [3.63, 3.8) is 0 Å². The van der Waals surface area contributed by atoms with Gasteiger partial charge in [-0.2, -0.15) is 0 Å². The number of primary amides is 1. The highest BCUT2D eigenvalue weighted by molar-refractivity contribution is 5.91. The smallest absolute Gasteiger partial charge is 0.242 e. The quantitative estimate of drug-likeness (QED) is 0.411. The second-order valence-corrected chi connectivity index (χ2v) is 6.09. The Kier molecular flexibility index (Phi) is 13.3. The normalized spacial score (nSPS) is 14.5. The predicted molar refractivity (Wildman–Crippen MR) is 106 cm³/mol. The van der Waals surface area contributed by atoms with Crippen LogP contribution in [0.15, 0.2) is 10.7 Å². The SMILES string of the molecule is CN.CN.CNC(=O)[C@H](CC(N)=O)NC(=O)Cc1coc(C2CCCCC2)n1. The van der Waals surface area contributed by atoms with Crippen molar-refractivity contribution in [3.05, 3.63) is 17.8 Å². The molecule has 3 amide bonds. The fraction of sp³-hybridized carbons (Fsp3) is 0.667. The molecule has 1 heterocycles. The van der Waals surface area contributed by atoms with Crippen LogP contribution in [0.3, 0.4) is 0 Å². The van der Waals surface area contributed by atoms with E-state index in [0.29, 0.717) is 17.5 Å². The molecule has 28 heavy (non-hydrogen) atoms. The lowest BCUT2D eigenvalue weighted by molar-refractivity contribution is -0.130. The monoisotopic (exact) mass is 398 g/mol. The molecular weight excluding hydrogens is 364 g/mol. The van der Waals surface area contributed by atoms with Crippen LogP contribution >= 0.6 is 0 Å². The number of carbonyl (C=O) groups is 3. The third-order valence-corrected chi connectivity index (χ3v) is 4.17. The summed E-state index contributed by atoms with van der Waals surface area (Å²) in [5, 5.41) is 4.89. The lowest BCUT2D eigenvalue weighted by Gasteiger charge is -2.17. The zero-order valence-corrected chi connectivity index (χ0v) is 17.0. The highest BCUT2D eigenvalue weighted by Gasteiger charge is 2.24. The Morgan fingerprint density at radius 3 is 2.32 bits per heavy atom. The van der Waals surface area contributed by atoms with Crippen LogP contribution in [0, 0.1) is 0 Å². The van der Waals surface area contributed by atoms with Crippen LogP contribution in [0.25, 0.3) is 0 Å². The number of aromatic nitrogens is 1. The molecule has 160 valence electrons. The van der Waals surface area contributed by atoms with Gasteiger partial charge in [-0.05, 0) is 26.9 Å². The van der Waals surface area contributed by atoms with E-state index in [4.69, 9.17) is 10.2 Å². The van der Waals surface area contributed by atoms with Gasteiger partial charge in [0.25, 0.3) is 0 Å². The number of nitrogens with one attached hydrogen (secondary N) is 2. The van der Waals surface area contributed by atoms with Gasteiger partial charge in [0, 0.05) is 13.0 Å². The molecule has 0 bridgehead atoms. The van der Waals surface area contributed by atoms with Crippen molar-refractivity contribution in [3.8, 4) is 0 Å². The Bertz CT molecular complexity index is 599. The lowest BCUT2D eigenvalue weighted by Crippen LogP contribution is -2.48. The minimum absolute atomic E-state index is 0.0114. The second kappa shape index (κ2) is 14.6. The van der Waals surface area contributed by atoms with Gasteiger partial charge in [0.2, 0.25) is 17.7 Å². The van der Waals surface area contributed by atoms with E-state index in [-0.39, 0.29) is 12.8 Å². The van der Waals surface area contributed by atoms with Gasteiger partial charge in [-0.3, -0.25) is 14.4 Å². The third-order valence-electron chi connectivity index (χ3n) is 4.17. The number of likely N-dealkylation sites (N-methyl/N-ethyl adjacent to an activating group) is 1. The fourth-order valence-electron chi connectivity index (χ4n) is 2.94. The van der Waals surface area contributed by atoms with Crippen molar-refractivity contribution in [2.24, 2.45) is 17.2 Å². The van der Waals surface area contributed by atoms with E-state index in [9.17, 15) is 14.4 Å². The van der Waals surface area contributed by atoms with Crippen LogP contribution < -0.4 is 27.8 Å². The average Bonchev–Trinajstić information content (AvgIpc) is 3.18. The molecule has 1 saturated carbocycles. The first-order valence-electron chi connectivity index (χ1n) is 9.38. The minimum Gasteiger partial charge on any atom is -0.448 e. The Labute approximate surface area is 166 Å². The number of hydrogen-bond donors (Lipinski definition) is 5. The van der Waals surface area contributed by atoms with Crippen molar-refractivity contribution >= 4 is 17.7 Å². The van der Waals surface area contributed by atoms with Crippen LogP contribution in [-0.4, -0.2) is 49.9 Å². The van der Waals surface area contributed by atoms with Crippen molar-refractivity contribution < 1.29 is 18.8 Å². The highest BCUT2D eigenvalue weighted by atomic mass is 16.3. The zero-order chi connectivity index (χ0) is 21.5. The number of rotatable bonds is 7. The molecule has 2 rings (SSSR count). The van der Waals surface area contributed by atoms with E-state index in [1.54, 1.807) is 0 Å². The topological polar surface area (TPSA) is 179 Å². The van der Waals surface area contributed by atoms with E-state index >= 15 is 0 Å². The van der Waals surface area contributed by atoms with Crippen molar-refractivity contribution in [2.45, 2.75) is 56.9 Å². The van der Waals surface area contributed by atoms with Gasteiger partial charge < -0.3 is 32.3 Å². The molecule has 0 radical (unpaired) electrons. The third kappa shape index (κ3) is 8.96. The molecule has 1 aromatic heterocycles. The van der Waals surface area contributed by atoms with Crippen LogP contribution in [-0.2, 0) is 20.8 Å². The number of carbonyl (C=O) groups excluding carboxylic acids is 3. The summed E-state index contributed by atoms with van der Waals surface area (Å²) < 4.78 is 5.50. The molecule has 10 nitrogen and oxygen atoms in total. The summed E-state index contributed by atoms with van der Waals surface area (Å²) in [6, 6.07) is -0.982. The fourth-order valence-corrected chi connectivity index (χ4v) is 2.94. The zero-order valence-electron chi connectivity index (χ0n) is 17.0. The van der Waals surface area contributed by atoms with Gasteiger partial charge in [-0.25, -0.2) is 4.98 Å². The van der Waals surface area contributed by atoms with E-state index in [0.717, 1.165) is 12.8 Å². The molecule has 0 aliphatic heterocycles. The maximum absolute atomic E-state index is 12.1. The Balaban J connectivity index is 0.00000171. The van der Waals surface area contributed by atoms with Crippen LogP contribution in [0.5, 0.6) is 0 Å². The molecule has 1 aromatic rings. The second-order valence-electron chi connectivity index (χ2n) is 6.09. The van der Waals surface area contributed by atoms with Crippen LogP contribution in [0.4, 0.5) is 0 Å². The van der Waals surface area contributed by atoms with E-state index in [1.165, 1.54) is 46.7 Å². The van der Waals surface area contributed by atoms with Gasteiger partial charge in [0.1, 0.15) is 12.3 Å². The number of nitrogens with zero attached hydrogens (tertiary/aromatic N) is 1.